The van der Waals surface area contributed by atoms with Gasteiger partial charge in [-0.05, 0) is 43.1 Å². The molecule has 0 aliphatic carbocycles. The second kappa shape index (κ2) is 5.73. The molecule has 0 saturated carbocycles. The first-order valence-corrected chi connectivity index (χ1v) is 7.41. The minimum atomic E-state index is -0.650. The van der Waals surface area contributed by atoms with Crippen molar-refractivity contribution in [2.75, 3.05) is 13.1 Å². The number of amides is 1. The number of carbonyl (C=O) groups is 1. The third-order valence-corrected chi connectivity index (χ3v) is 3.52. The van der Waals surface area contributed by atoms with E-state index in [0.29, 0.717) is 13.0 Å². The molecule has 112 valence electrons. The normalized spacial score (nSPS) is 23.8. The van der Waals surface area contributed by atoms with Crippen LogP contribution in [0.2, 0.25) is 0 Å². The van der Waals surface area contributed by atoms with Crippen LogP contribution < -0.4 is 0 Å². The molecule has 1 saturated heterocycles. The zero-order valence-electron chi connectivity index (χ0n) is 11.9. The maximum absolute atomic E-state index is 12.0. The Kier molecular flexibility index (Phi) is 4.39. The van der Waals surface area contributed by atoms with Crippen LogP contribution in [0.25, 0.3) is 0 Å². The first-order valence-electron chi connectivity index (χ1n) is 6.62. The smallest absolute Gasteiger partial charge is 0.410 e. The zero-order chi connectivity index (χ0) is 14.9. The lowest BCUT2D eigenvalue weighted by molar-refractivity contribution is -0.0118. The number of rotatable bonds is 1. The van der Waals surface area contributed by atoms with Crippen LogP contribution in [0.15, 0.2) is 16.9 Å². The number of β-amino-alcohol motifs (C(OH)–C–C–N with tert-alkyl or cyclic N) is 1. The number of ether oxygens (including phenoxy) is 1. The van der Waals surface area contributed by atoms with Crippen molar-refractivity contribution in [2.45, 2.75) is 44.9 Å². The Labute approximate surface area is 126 Å². The van der Waals surface area contributed by atoms with Crippen LogP contribution in [0.3, 0.4) is 0 Å². The maximum atomic E-state index is 12.0. The van der Waals surface area contributed by atoms with E-state index in [0.717, 1.165) is 4.47 Å². The average molecular weight is 346 g/mol. The van der Waals surface area contributed by atoms with Crippen molar-refractivity contribution in [3.63, 3.8) is 0 Å². The monoisotopic (exact) mass is 345 g/mol. The van der Waals surface area contributed by atoms with E-state index in [9.17, 15) is 9.90 Å². The van der Waals surface area contributed by atoms with Crippen molar-refractivity contribution in [3.8, 4) is 0 Å². The quantitative estimate of drug-likeness (QED) is 0.847. The minimum absolute atomic E-state index is 0.111. The molecule has 1 aliphatic heterocycles. The molecule has 7 heteroatoms. The predicted molar refractivity (Wildman–Crippen MR) is 77.4 cm³/mol. The Morgan fingerprint density at radius 1 is 1.55 bits per heavy atom. The van der Waals surface area contributed by atoms with E-state index in [1.165, 1.54) is 0 Å². The maximum Gasteiger partial charge on any atom is 0.410 e. The molecule has 1 amide bonds. The summed E-state index contributed by atoms with van der Waals surface area (Å²) in [6.45, 7) is 6.30. The number of aliphatic hydroxyl groups excluding tert-OH is 1. The summed E-state index contributed by atoms with van der Waals surface area (Å²) in [5, 5.41) is 14.4. The van der Waals surface area contributed by atoms with Crippen molar-refractivity contribution in [1.29, 1.82) is 0 Å². The van der Waals surface area contributed by atoms with Crippen LogP contribution in [0.4, 0.5) is 4.79 Å². The zero-order valence-corrected chi connectivity index (χ0v) is 13.5. The highest BCUT2D eigenvalue weighted by Gasteiger charge is 2.33. The van der Waals surface area contributed by atoms with Crippen LogP contribution in [0, 0.1) is 0 Å². The van der Waals surface area contributed by atoms with Crippen LogP contribution in [-0.2, 0) is 4.74 Å². The highest BCUT2D eigenvalue weighted by Crippen LogP contribution is 2.25. The van der Waals surface area contributed by atoms with E-state index in [2.05, 4.69) is 21.0 Å². The molecule has 6 nitrogen and oxygen atoms in total. The fraction of sp³-hybridized carbons (Fsp3) is 0.692. The SMILES string of the molecule is CC(C)(C)OC(=O)N1CC[C@@H](n2cc(Br)cn2)[C@H](O)C1. The molecular formula is C13H20BrN3O3. The predicted octanol–water partition coefficient (Wildman–Crippen LogP) is 2.19. The first-order chi connectivity index (χ1) is 9.26. The third kappa shape index (κ3) is 3.73. The lowest BCUT2D eigenvalue weighted by Gasteiger charge is -2.36. The third-order valence-electron chi connectivity index (χ3n) is 3.11. The Morgan fingerprint density at radius 3 is 2.75 bits per heavy atom. The van der Waals surface area contributed by atoms with E-state index >= 15 is 0 Å². The Hall–Kier alpha value is -1.08. The van der Waals surface area contributed by atoms with Gasteiger partial charge in [0.1, 0.15) is 5.60 Å². The van der Waals surface area contributed by atoms with Gasteiger partial charge in [-0.25, -0.2) is 4.79 Å². The summed E-state index contributed by atoms with van der Waals surface area (Å²) in [5.74, 6) is 0. The number of aromatic nitrogens is 2. The summed E-state index contributed by atoms with van der Waals surface area (Å²) in [4.78, 5) is 13.5. The van der Waals surface area contributed by atoms with Crippen LogP contribution >= 0.6 is 15.9 Å². The molecule has 1 fully saturated rings. The van der Waals surface area contributed by atoms with Gasteiger partial charge in [-0.2, -0.15) is 5.10 Å². The lowest BCUT2D eigenvalue weighted by atomic mass is 10.0. The molecular weight excluding hydrogens is 326 g/mol. The topological polar surface area (TPSA) is 67.6 Å². The van der Waals surface area contributed by atoms with Crippen molar-refractivity contribution in [2.24, 2.45) is 0 Å². The number of carbonyl (C=O) groups excluding carboxylic acids is 1. The molecule has 0 spiro atoms. The van der Waals surface area contributed by atoms with Gasteiger partial charge in [0.25, 0.3) is 0 Å². The molecule has 0 aromatic carbocycles. The fourth-order valence-corrected chi connectivity index (χ4v) is 2.52. The summed E-state index contributed by atoms with van der Waals surface area (Å²) in [5.41, 5.74) is -0.522. The summed E-state index contributed by atoms with van der Waals surface area (Å²) in [7, 11) is 0. The van der Waals surface area contributed by atoms with Crippen molar-refractivity contribution in [1.82, 2.24) is 14.7 Å². The van der Waals surface area contributed by atoms with Crippen LogP contribution in [-0.4, -0.2) is 50.7 Å². The number of hydrogen-bond donors (Lipinski definition) is 1. The van der Waals surface area contributed by atoms with E-state index < -0.39 is 11.7 Å². The summed E-state index contributed by atoms with van der Waals surface area (Å²) in [6, 6.07) is -0.111. The molecule has 0 bridgehead atoms. The van der Waals surface area contributed by atoms with Gasteiger partial charge in [0.2, 0.25) is 0 Å². The summed E-state index contributed by atoms with van der Waals surface area (Å²) in [6.07, 6.45) is 3.14. The van der Waals surface area contributed by atoms with E-state index in [1.54, 1.807) is 15.8 Å². The largest absolute Gasteiger partial charge is 0.444 e. The van der Waals surface area contributed by atoms with Crippen molar-refractivity contribution < 1.29 is 14.6 Å². The van der Waals surface area contributed by atoms with Gasteiger partial charge in [-0.15, -0.1) is 0 Å². The highest BCUT2D eigenvalue weighted by atomic mass is 79.9. The second-order valence-corrected chi connectivity index (χ2v) is 6.90. The second-order valence-electron chi connectivity index (χ2n) is 5.99. The molecule has 2 heterocycles. The van der Waals surface area contributed by atoms with E-state index in [-0.39, 0.29) is 18.7 Å². The number of aliphatic hydroxyl groups is 1. The molecule has 1 N–H and O–H groups in total. The summed E-state index contributed by atoms with van der Waals surface area (Å²) >= 11 is 3.34. The van der Waals surface area contributed by atoms with E-state index in [1.807, 2.05) is 27.0 Å². The number of likely N-dealkylation sites (tertiary alicyclic amines) is 1. The van der Waals surface area contributed by atoms with Crippen molar-refractivity contribution >= 4 is 22.0 Å². The van der Waals surface area contributed by atoms with E-state index in [4.69, 9.17) is 4.74 Å². The minimum Gasteiger partial charge on any atom is -0.444 e. The standard InChI is InChI=1S/C13H20BrN3O3/c1-13(2,3)20-12(19)16-5-4-10(11(18)8-16)17-7-9(14)6-15-17/h6-7,10-11,18H,4-5,8H2,1-3H3/t10-,11-/m1/s1. The molecule has 20 heavy (non-hydrogen) atoms. The van der Waals surface area contributed by atoms with Gasteiger partial charge in [-0.1, -0.05) is 0 Å². The lowest BCUT2D eigenvalue weighted by Crippen LogP contribution is -2.48. The van der Waals surface area contributed by atoms with Crippen LogP contribution in [0.1, 0.15) is 33.2 Å². The van der Waals surface area contributed by atoms with Crippen molar-refractivity contribution in [3.05, 3.63) is 16.9 Å². The Morgan fingerprint density at radius 2 is 2.25 bits per heavy atom. The Balaban J connectivity index is 1.97. The van der Waals surface area contributed by atoms with Gasteiger partial charge in [0.15, 0.2) is 0 Å². The molecule has 2 rings (SSSR count). The fourth-order valence-electron chi connectivity index (χ4n) is 2.22. The van der Waals surface area contributed by atoms with Gasteiger partial charge in [0, 0.05) is 12.7 Å². The number of halogens is 1. The molecule has 0 radical (unpaired) electrons. The number of nitrogens with zero attached hydrogens (tertiary/aromatic N) is 3. The molecule has 1 aromatic rings. The molecule has 2 atom stereocenters. The van der Waals surface area contributed by atoms with Gasteiger partial charge in [0.05, 0.1) is 29.4 Å². The highest BCUT2D eigenvalue weighted by molar-refractivity contribution is 9.10. The molecule has 1 aliphatic rings. The van der Waals surface area contributed by atoms with Gasteiger partial charge in [-0.3, -0.25) is 4.68 Å². The number of hydrogen-bond acceptors (Lipinski definition) is 4. The van der Waals surface area contributed by atoms with Crippen LogP contribution in [0.5, 0.6) is 0 Å². The summed E-state index contributed by atoms with van der Waals surface area (Å²) < 4.78 is 7.93. The molecule has 0 unspecified atom stereocenters. The number of piperidine rings is 1. The van der Waals surface area contributed by atoms with Gasteiger partial charge < -0.3 is 14.7 Å². The van der Waals surface area contributed by atoms with Gasteiger partial charge >= 0.3 is 6.09 Å². The average Bonchev–Trinajstić information content (AvgIpc) is 2.73. The molecule has 1 aromatic heterocycles. The first kappa shape index (κ1) is 15.3. The Bertz CT molecular complexity index is 483.